The molecular formula is C12H17NO4S. The Morgan fingerprint density at radius 1 is 1.28 bits per heavy atom. The van der Waals surface area contributed by atoms with Crippen LogP contribution in [-0.4, -0.2) is 24.7 Å². The molecule has 0 aliphatic carbocycles. The van der Waals surface area contributed by atoms with Gasteiger partial charge in [0, 0.05) is 12.1 Å². The van der Waals surface area contributed by atoms with Crippen LogP contribution in [0.4, 0.5) is 5.69 Å². The van der Waals surface area contributed by atoms with E-state index < -0.39 is 21.2 Å². The van der Waals surface area contributed by atoms with E-state index in [1.54, 1.807) is 38.1 Å². The van der Waals surface area contributed by atoms with Gasteiger partial charge in [0.15, 0.2) is 0 Å². The van der Waals surface area contributed by atoms with E-state index in [1.807, 2.05) is 0 Å². The van der Waals surface area contributed by atoms with Crippen molar-refractivity contribution in [3.63, 3.8) is 0 Å². The molecule has 0 spiro atoms. The van der Waals surface area contributed by atoms with Crippen molar-refractivity contribution in [2.24, 2.45) is 0 Å². The van der Waals surface area contributed by atoms with Crippen LogP contribution >= 0.6 is 0 Å². The smallest absolute Gasteiger partial charge is 0.303 e. The molecule has 0 aliphatic rings. The van der Waals surface area contributed by atoms with Crippen LogP contribution in [0.1, 0.15) is 25.8 Å². The van der Waals surface area contributed by atoms with Gasteiger partial charge >= 0.3 is 5.97 Å². The van der Waals surface area contributed by atoms with Crippen molar-refractivity contribution in [2.45, 2.75) is 31.9 Å². The Morgan fingerprint density at radius 2 is 1.83 bits per heavy atom. The van der Waals surface area contributed by atoms with Crippen molar-refractivity contribution in [1.29, 1.82) is 0 Å². The van der Waals surface area contributed by atoms with E-state index in [0.29, 0.717) is 12.1 Å². The summed E-state index contributed by atoms with van der Waals surface area (Å²) < 4.78 is 25.7. The highest BCUT2D eigenvalue weighted by Gasteiger charge is 2.15. The summed E-state index contributed by atoms with van der Waals surface area (Å²) in [5.74, 6) is -0.848. The van der Waals surface area contributed by atoms with E-state index in [4.69, 9.17) is 5.11 Å². The van der Waals surface area contributed by atoms with Crippen molar-refractivity contribution in [2.75, 3.05) is 4.72 Å². The number of rotatable bonds is 6. The minimum atomic E-state index is -3.33. The predicted molar refractivity (Wildman–Crippen MR) is 70.1 cm³/mol. The average molecular weight is 271 g/mol. The second kappa shape index (κ2) is 5.86. The first-order chi connectivity index (χ1) is 8.31. The maximum absolute atomic E-state index is 11.6. The quantitative estimate of drug-likeness (QED) is 0.827. The lowest BCUT2D eigenvalue weighted by Gasteiger charge is -2.11. The first-order valence-electron chi connectivity index (χ1n) is 5.63. The number of anilines is 1. The van der Waals surface area contributed by atoms with Crippen molar-refractivity contribution < 1.29 is 18.3 Å². The number of aryl methyl sites for hydroxylation is 1. The van der Waals surface area contributed by atoms with Crippen LogP contribution in [0.3, 0.4) is 0 Å². The molecule has 18 heavy (non-hydrogen) atoms. The monoisotopic (exact) mass is 271 g/mol. The first kappa shape index (κ1) is 14.5. The largest absolute Gasteiger partial charge is 0.481 e. The number of hydrogen-bond donors (Lipinski definition) is 2. The van der Waals surface area contributed by atoms with E-state index in [9.17, 15) is 13.2 Å². The van der Waals surface area contributed by atoms with Gasteiger partial charge in [0.05, 0.1) is 5.25 Å². The standard InChI is InChI=1S/C12H17NO4S/c1-9(2)18(16,17)13-11-6-3-10(4-7-11)5-8-12(14)15/h3-4,6-7,9,13H,5,8H2,1-2H3,(H,14,15). The zero-order valence-corrected chi connectivity index (χ0v) is 11.2. The Morgan fingerprint density at radius 3 is 2.28 bits per heavy atom. The molecule has 1 rings (SSSR count). The van der Waals surface area contributed by atoms with Crippen LogP contribution in [0.5, 0.6) is 0 Å². The molecule has 2 N–H and O–H groups in total. The highest BCUT2D eigenvalue weighted by Crippen LogP contribution is 2.14. The number of carboxylic acids is 1. The van der Waals surface area contributed by atoms with Crippen LogP contribution < -0.4 is 4.72 Å². The Kier molecular flexibility index (Phi) is 4.72. The third kappa shape index (κ3) is 4.37. The molecule has 0 saturated carbocycles. The van der Waals surface area contributed by atoms with E-state index in [0.717, 1.165) is 5.56 Å². The molecule has 0 fully saturated rings. The van der Waals surface area contributed by atoms with Gasteiger partial charge in [0.25, 0.3) is 0 Å². The number of benzene rings is 1. The van der Waals surface area contributed by atoms with Gasteiger partial charge in [-0.3, -0.25) is 9.52 Å². The average Bonchev–Trinajstić information content (AvgIpc) is 2.27. The second-order valence-electron chi connectivity index (χ2n) is 4.29. The molecule has 0 amide bonds. The van der Waals surface area contributed by atoms with Gasteiger partial charge in [-0.05, 0) is 38.0 Å². The minimum Gasteiger partial charge on any atom is -0.481 e. The molecule has 0 unspecified atom stereocenters. The zero-order chi connectivity index (χ0) is 13.8. The topological polar surface area (TPSA) is 83.5 Å². The number of carbonyl (C=O) groups is 1. The molecule has 0 bridgehead atoms. The molecule has 100 valence electrons. The molecule has 1 aromatic carbocycles. The summed E-state index contributed by atoms with van der Waals surface area (Å²) in [7, 11) is -3.33. The Labute approximate surface area is 107 Å². The fraction of sp³-hybridized carbons (Fsp3) is 0.417. The molecular weight excluding hydrogens is 254 g/mol. The van der Waals surface area contributed by atoms with Crippen LogP contribution in [0.2, 0.25) is 0 Å². The van der Waals surface area contributed by atoms with Gasteiger partial charge in [0.1, 0.15) is 0 Å². The molecule has 0 heterocycles. The Bertz CT molecular complexity index is 505. The highest BCUT2D eigenvalue weighted by molar-refractivity contribution is 7.93. The number of nitrogens with one attached hydrogen (secondary N) is 1. The van der Waals surface area contributed by atoms with Crippen molar-refractivity contribution in [3.05, 3.63) is 29.8 Å². The molecule has 0 saturated heterocycles. The van der Waals surface area contributed by atoms with E-state index in [-0.39, 0.29) is 6.42 Å². The summed E-state index contributed by atoms with van der Waals surface area (Å²) in [5.41, 5.74) is 1.35. The van der Waals surface area contributed by atoms with Crippen LogP contribution in [0.15, 0.2) is 24.3 Å². The Hall–Kier alpha value is -1.56. The van der Waals surface area contributed by atoms with Gasteiger partial charge in [-0.1, -0.05) is 12.1 Å². The van der Waals surface area contributed by atoms with Crippen LogP contribution in [0, 0.1) is 0 Å². The third-order valence-electron chi connectivity index (χ3n) is 2.46. The molecule has 0 atom stereocenters. The predicted octanol–water partition coefficient (Wildman–Crippen LogP) is 1.85. The van der Waals surface area contributed by atoms with Crippen molar-refractivity contribution in [1.82, 2.24) is 0 Å². The van der Waals surface area contributed by atoms with Crippen molar-refractivity contribution in [3.8, 4) is 0 Å². The maximum atomic E-state index is 11.6. The molecule has 0 radical (unpaired) electrons. The molecule has 0 aliphatic heterocycles. The second-order valence-corrected chi connectivity index (χ2v) is 6.52. The van der Waals surface area contributed by atoms with Gasteiger partial charge in [0.2, 0.25) is 10.0 Å². The zero-order valence-electron chi connectivity index (χ0n) is 10.4. The number of aliphatic carboxylic acids is 1. The SMILES string of the molecule is CC(C)S(=O)(=O)Nc1ccc(CCC(=O)O)cc1. The summed E-state index contributed by atoms with van der Waals surface area (Å²) in [6.07, 6.45) is 0.504. The van der Waals surface area contributed by atoms with E-state index in [1.165, 1.54) is 0 Å². The first-order valence-corrected chi connectivity index (χ1v) is 7.18. The number of carboxylic acid groups (broad SMARTS) is 1. The fourth-order valence-electron chi connectivity index (χ4n) is 1.27. The number of hydrogen-bond acceptors (Lipinski definition) is 3. The van der Waals surface area contributed by atoms with Crippen LogP contribution in [0.25, 0.3) is 0 Å². The summed E-state index contributed by atoms with van der Waals surface area (Å²) in [5, 5.41) is 8.06. The van der Waals surface area contributed by atoms with Gasteiger partial charge in [-0.2, -0.15) is 0 Å². The summed E-state index contributed by atoms with van der Waals surface area (Å²) in [6.45, 7) is 3.20. The van der Waals surface area contributed by atoms with Gasteiger partial charge in [-0.25, -0.2) is 8.42 Å². The molecule has 0 aromatic heterocycles. The lowest BCUT2D eigenvalue weighted by Crippen LogP contribution is -2.22. The minimum absolute atomic E-state index is 0.0665. The van der Waals surface area contributed by atoms with Gasteiger partial charge < -0.3 is 5.11 Å². The molecule has 1 aromatic rings. The molecule has 6 heteroatoms. The third-order valence-corrected chi connectivity index (χ3v) is 4.22. The Balaban J connectivity index is 2.69. The summed E-state index contributed by atoms with van der Waals surface area (Å²) >= 11 is 0. The lowest BCUT2D eigenvalue weighted by molar-refractivity contribution is -0.136. The van der Waals surface area contributed by atoms with Crippen molar-refractivity contribution >= 4 is 21.7 Å². The summed E-state index contributed by atoms with van der Waals surface area (Å²) in [4.78, 5) is 10.4. The van der Waals surface area contributed by atoms with E-state index in [2.05, 4.69) is 4.72 Å². The lowest BCUT2D eigenvalue weighted by atomic mass is 10.1. The molecule has 5 nitrogen and oxygen atoms in total. The summed E-state index contributed by atoms with van der Waals surface area (Å²) in [6, 6.07) is 6.72. The normalized spacial score (nSPS) is 11.5. The van der Waals surface area contributed by atoms with Crippen LogP contribution in [-0.2, 0) is 21.2 Å². The van der Waals surface area contributed by atoms with E-state index >= 15 is 0 Å². The highest BCUT2D eigenvalue weighted by atomic mass is 32.2. The number of sulfonamides is 1. The van der Waals surface area contributed by atoms with Gasteiger partial charge in [-0.15, -0.1) is 0 Å². The maximum Gasteiger partial charge on any atom is 0.303 e. The fourth-order valence-corrected chi connectivity index (χ4v) is 1.97.